The van der Waals surface area contributed by atoms with Gasteiger partial charge in [-0.05, 0) is 70.6 Å². The van der Waals surface area contributed by atoms with Gasteiger partial charge in [0.15, 0.2) is 0 Å². The van der Waals surface area contributed by atoms with Gasteiger partial charge < -0.3 is 4.90 Å². The molecule has 0 aromatic heterocycles. The van der Waals surface area contributed by atoms with Gasteiger partial charge in [-0.15, -0.1) is 0 Å². The second-order valence-electron chi connectivity index (χ2n) is 8.60. The molecule has 0 saturated carbocycles. The molecule has 35 heavy (non-hydrogen) atoms. The summed E-state index contributed by atoms with van der Waals surface area (Å²) >= 11 is 0. The molecule has 0 aliphatic heterocycles. The standard InChI is InChI=1S/C34H29N/c1-2-27-13-15-28(16-14-27)17-18-29-19-23-33(24-20-29)35(32-11-7-4-8-12-32)34-25-21-31(22-26-34)30-9-5-3-6-10-30/h3-26H,2H2,1H3/b18-17+. The number of anilines is 3. The van der Waals surface area contributed by atoms with Crippen molar-refractivity contribution in [3.63, 3.8) is 0 Å². The second-order valence-corrected chi connectivity index (χ2v) is 8.60. The van der Waals surface area contributed by atoms with Crippen LogP contribution in [0.4, 0.5) is 17.1 Å². The van der Waals surface area contributed by atoms with Gasteiger partial charge >= 0.3 is 0 Å². The van der Waals surface area contributed by atoms with E-state index in [0.717, 1.165) is 23.5 Å². The predicted octanol–water partition coefficient (Wildman–Crippen LogP) is 9.56. The van der Waals surface area contributed by atoms with Crippen LogP contribution in [0.1, 0.15) is 23.6 Å². The zero-order valence-corrected chi connectivity index (χ0v) is 20.0. The molecule has 0 saturated heterocycles. The minimum absolute atomic E-state index is 1.07. The lowest BCUT2D eigenvalue weighted by molar-refractivity contribution is 1.14. The van der Waals surface area contributed by atoms with Gasteiger partial charge in [0.2, 0.25) is 0 Å². The lowest BCUT2D eigenvalue weighted by Crippen LogP contribution is -2.09. The number of rotatable bonds is 7. The Morgan fingerprint density at radius 2 is 0.886 bits per heavy atom. The number of nitrogens with zero attached hydrogens (tertiary/aromatic N) is 1. The Morgan fingerprint density at radius 1 is 0.457 bits per heavy atom. The van der Waals surface area contributed by atoms with E-state index in [1.165, 1.54) is 27.8 Å². The maximum absolute atomic E-state index is 2.30. The molecular formula is C34H29N. The van der Waals surface area contributed by atoms with E-state index >= 15 is 0 Å². The fourth-order valence-electron chi connectivity index (χ4n) is 4.25. The third kappa shape index (κ3) is 5.42. The van der Waals surface area contributed by atoms with Crippen LogP contribution in [0.25, 0.3) is 23.3 Å². The van der Waals surface area contributed by atoms with E-state index in [1.807, 2.05) is 0 Å². The van der Waals surface area contributed by atoms with Crippen LogP contribution in [0.15, 0.2) is 133 Å². The van der Waals surface area contributed by atoms with Gasteiger partial charge in [0.25, 0.3) is 0 Å². The van der Waals surface area contributed by atoms with Crippen LogP contribution in [-0.4, -0.2) is 0 Å². The summed E-state index contributed by atoms with van der Waals surface area (Å²) in [7, 11) is 0. The first-order chi connectivity index (χ1) is 17.3. The van der Waals surface area contributed by atoms with Gasteiger partial charge in [0.05, 0.1) is 0 Å². The van der Waals surface area contributed by atoms with E-state index in [1.54, 1.807) is 0 Å². The van der Waals surface area contributed by atoms with Crippen LogP contribution in [0.2, 0.25) is 0 Å². The number of benzene rings is 5. The highest BCUT2D eigenvalue weighted by molar-refractivity contribution is 5.79. The normalized spacial score (nSPS) is 11.0. The first-order valence-electron chi connectivity index (χ1n) is 12.2. The number of hydrogen-bond donors (Lipinski definition) is 0. The highest BCUT2D eigenvalue weighted by atomic mass is 15.1. The molecule has 0 N–H and O–H groups in total. The molecule has 0 heterocycles. The molecule has 5 aromatic carbocycles. The summed E-state index contributed by atoms with van der Waals surface area (Å²) in [6.45, 7) is 2.18. The van der Waals surface area contributed by atoms with Crippen molar-refractivity contribution >= 4 is 29.2 Å². The largest absolute Gasteiger partial charge is 0.311 e. The summed E-state index contributed by atoms with van der Waals surface area (Å²) in [6.07, 6.45) is 5.41. The van der Waals surface area contributed by atoms with Crippen LogP contribution >= 0.6 is 0 Å². The highest BCUT2D eigenvalue weighted by Crippen LogP contribution is 2.35. The molecule has 0 aliphatic rings. The first-order valence-corrected chi connectivity index (χ1v) is 12.2. The van der Waals surface area contributed by atoms with Crippen molar-refractivity contribution in [2.45, 2.75) is 13.3 Å². The SMILES string of the molecule is CCc1ccc(/C=C/c2ccc(N(c3ccccc3)c3ccc(-c4ccccc4)cc3)cc2)cc1. The molecule has 170 valence electrons. The van der Waals surface area contributed by atoms with E-state index in [-0.39, 0.29) is 0 Å². The summed E-state index contributed by atoms with van der Waals surface area (Å²) in [5.41, 5.74) is 9.61. The Morgan fingerprint density at radius 3 is 1.43 bits per heavy atom. The van der Waals surface area contributed by atoms with Crippen molar-refractivity contribution in [1.82, 2.24) is 0 Å². The summed E-state index contributed by atoms with van der Waals surface area (Å²) in [4.78, 5) is 2.30. The van der Waals surface area contributed by atoms with E-state index in [4.69, 9.17) is 0 Å². The van der Waals surface area contributed by atoms with Gasteiger partial charge in [0.1, 0.15) is 0 Å². The summed E-state index contributed by atoms with van der Waals surface area (Å²) in [5.74, 6) is 0. The van der Waals surface area contributed by atoms with E-state index in [2.05, 4.69) is 157 Å². The summed E-state index contributed by atoms with van der Waals surface area (Å²) < 4.78 is 0. The number of hydrogen-bond acceptors (Lipinski definition) is 1. The molecule has 0 radical (unpaired) electrons. The Balaban J connectivity index is 1.42. The van der Waals surface area contributed by atoms with Crippen molar-refractivity contribution in [2.75, 3.05) is 4.90 Å². The maximum atomic E-state index is 2.30. The smallest absolute Gasteiger partial charge is 0.0462 e. The molecule has 0 atom stereocenters. The Bertz CT molecular complexity index is 1370. The molecule has 1 heteroatoms. The molecule has 0 spiro atoms. The second kappa shape index (κ2) is 10.7. The molecule has 1 nitrogen and oxygen atoms in total. The Labute approximate surface area is 208 Å². The minimum Gasteiger partial charge on any atom is -0.311 e. The summed E-state index contributed by atoms with van der Waals surface area (Å²) in [6, 6.07) is 47.3. The van der Waals surface area contributed by atoms with E-state index in [0.29, 0.717) is 0 Å². The molecule has 0 fully saturated rings. The third-order valence-corrected chi connectivity index (χ3v) is 6.25. The third-order valence-electron chi connectivity index (χ3n) is 6.25. The van der Waals surface area contributed by atoms with Crippen LogP contribution in [0.5, 0.6) is 0 Å². The molecular weight excluding hydrogens is 422 g/mol. The lowest BCUT2D eigenvalue weighted by atomic mass is 10.0. The van der Waals surface area contributed by atoms with Crippen LogP contribution in [-0.2, 0) is 6.42 Å². The molecule has 0 amide bonds. The van der Waals surface area contributed by atoms with E-state index < -0.39 is 0 Å². The quantitative estimate of drug-likeness (QED) is 0.223. The Kier molecular flexibility index (Phi) is 6.87. The fraction of sp³-hybridized carbons (Fsp3) is 0.0588. The van der Waals surface area contributed by atoms with Crippen molar-refractivity contribution in [3.8, 4) is 11.1 Å². The van der Waals surface area contributed by atoms with Gasteiger partial charge in [-0.2, -0.15) is 0 Å². The van der Waals surface area contributed by atoms with Crippen molar-refractivity contribution in [3.05, 3.63) is 150 Å². The van der Waals surface area contributed by atoms with Crippen LogP contribution < -0.4 is 4.90 Å². The van der Waals surface area contributed by atoms with Gasteiger partial charge in [-0.25, -0.2) is 0 Å². The number of para-hydroxylation sites is 1. The topological polar surface area (TPSA) is 3.24 Å². The van der Waals surface area contributed by atoms with Gasteiger partial charge in [-0.3, -0.25) is 0 Å². The number of aryl methyl sites for hydroxylation is 1. The average molecular weight is 452 g/mol. The monoisotopic (exact) mass is 451 g/mol. The fourth-order valence-corrected chi connectivity index (χ4v) is 4.25. The molecule has 0 aliphatic carbocycles. The highest BCUT2D eigenvalue weighted by Gasteiger charge is 2.12. The predicted molar refractivity (Wildman–Crippen MR) is 151 cm³/mol. The molecule has 5 aromatic rings. The van der Waals surface area contributed by atoms with E-state index in [9.17, 15) is 0 Å². The van der Waals surface area contributed by atoms with Crippen molar-refractivity contribution < 1.29 is 0 Å². The zero-order valence-electron chi connectivity index (χ0n) is 20.0. The minimum atomic E-state index is 1.07. The lowest BCUT2D eigenvalue weighted by Gasteiger charge is -2.25. The molecule has 5 rings (SSSR count). The average Bonchev–Trinajstić information content (AvgIpc) is 2.94. The Hall–Kier alpha value is -4.36. The first kappa shape index (κ1) is 22.4. The van der Waals surface area contributed by atoms with Gasteiger partial charge in [0, 0.05) is 17.1 Å². The van der Waals surface area contributed by atoms with Gasteiger partial charge in [-0.1, -0.05) is 116 Å². The van der Waals surface area contributed by atoms with Crippen LogP contribution in [0.3, 0.4) is 0 Å². The maximum Gasteiger partial charge on any atom is 0.0462 e. The summed E-state index contributed by atoms with van der Waals surface area (Å²) in [5, 5.41) is 0. The van der Waals surface area contributed by atoms with Crippen molar-refractivity contribution in [2.24, 2.45) is 0 Å². The molecule has 0 bridgehead atoms. The van der Waals surface area contributed by atoms with Crippen molar-refractivity contribution in [1.29, 1.82) is 0 Å². The van der Waals surface area contributed by atoms with Crippen LogP contribution in [0, 0.1) is 0 Å². The zero-order chi connectivity index (χ0) is 23.9. The molecule has 0 unspecified atom stereocenters.